The molecular formula is C24H24FN3O3S. The molecule has 3 aromatic rings. The van der Waals surface area contributed by atoms with Crippen LogP contribution in [0.15, 0.2) is 42.6 Å². The van der Waals surface area contributed by atoms with Gasteiger partial charge in [-0.3, -0.25) is 19.5 Å². The van der Waals surface area contributed by atoms with Crippen molar-refractivity contribution in [3.05, 3.63) is 75.7 Å². The first-order valence-electron chi connectivity index (χ1n) is 10.5. The summed E-state index contributed by atoms with van der Waals surface area (Å²) in [4.78, 5) is 33.1. The molecule has 2 N–H and O–H groups in total. The molecule has 2 aromatic heterocycles. The number of amides is 1. The Balaban J connectivity index is 1.53. The number of pyridine rings is 1. The Morgan fingerprint density at radius 2 is 2.12 bits per heavy atom. The van der Waals surface area contributed by atoms with E-state index in [2.05, 4.69) is 15.2 Å². The van der Waals surface area contributed by atoms with Crippen molar-refractivity contribution in [1.82, 2.24) is 9.88 Å². The normalized spacial score (nSPS) is 13.6. The summed E-state index contributed by atoms with van der Waals surface area (Å²) in [5.74, 6) is -1.24. The molecule has 0 unspecified atom stereocenters. The summed E-state index contributed by atoms with van der Waals surface area (Å²) >= 11 is 1.42. The molecule has 1 amide bonds. The first kappa shape index (κ1) is 22.1. The monoisotopic (exact) mass is 453 g/mol. The predicted octanol–water partition coefficient (Wildman–Crippen LogP) is 4.32. The minimum atomic E-state index is -0.638. The van der Waals surface area contributed by atoms with Gasteiger partial charge in [-0.25, -0.2) is 4.39 Å². The summed E-state index contributed by atoms with van der Waals surface area (Å²) < 4.78 is 14.0. The molecule has 166 valence electrons. The van der Waals surface area contributed by atoms with E-state index >= 15 is 0 Å². The molecular weight excluding hydrogens is 429 g/mol. The van der Waals surface area contributed by atoms with Gasteiger partial charge in [0.1, 0.15) is 16.6 Å². The molecule has 0 bridgehead atoms. The number of halogens is 1. The quantitative estimate of drug-likeness (QED) is 0.521. The Bertz CT molecular complexity index is 1150. The molecule has 0 radical (unpaired) electrons. The van der Waals surface area contributed by atoms with Crippen molar-refractivity contribution in [1.29, 1.82) is 0 Å². The van der Waals surface area contributed by atoms with Gasteiger partial charge in [-0.15, -0.1) is 11.3 Å². The average Bonchev–Trinajstić information content (AvgIpc) is 3.12. The van der Waals surface area contributed by atoms with Crippen LogP contribution in [-0.4, -0.2) is 33.2 Å². The lowest BCUT2D eigenvalue weighted by atomic mass is 9.98. The van der Waals surface area contributed by atoms with Crippen molar-refractivity contribution in [3.63, 3.8) is 0 Å². The number of ketones is 1. The van der Waals surface area contributed by atoms with Crippen LogP contribution in [-0.2, 0) is 30.7 Å². The number of rotatable bonds is 7. The van der Waals surface area contributed by atoms with Gasteiger partial charge in [0.25, 0.3) is 0 Å². The van der Waals surface area contributed by atoms with Crippen molar-refractivity contribution in [2.45, 2.75) is 39.3 Å². The maximum absolute atomic E-state index is 14.0. The largest absolute Gasteiger partial charge is 0.508 e. The number of anilines is 1. The standard InChI is InChI=1S/C24H24FN3O3S/c1-2-20(30)23-18-8-10-28(13-16-5-3-4-9-26-16)14-21(18)32-24(23)27-22(31)11-15-6-7-17(29)12-19(15)25/h3-7,9,12,29H,2,8,10-11,13-14H2,1H3,(H,27,31). The summed E-state index contributed by atoms with van der Waals surface area (Å²) in [6.45, 7) is 4.01. The Morgan fingerprint density at radius 1 is 1.28 bits per heavy atom. The molecule has 0 atom stereocenters. The van der Waals surface area contributed by atoms with Crippen molar-refractivity contribution in [2.24, 2.45) is 0 Å². The number of benzene rings is 1. The Morgan fingerprint density at radius 3 is 2.84 bits per heavy atom. The number of nitrogens with zero attached hydrogens (tertiary/aromatic N) is 2. The van der Waals surface area contributed by atoms with Gasteiger partial charge in [0.2, 0.25) is 5.91 Å². The van der Waals surface area contributed by atoms with E-state index in [0.29, 0.717) is 23.5 Å². The molecule has 8 heteroatoms. The van der Waals surface area contributed by atoms with Crippen LogP contribution < -0.4 is 5.32 Å². The minimum absolute atomic E-state index is 0.00760. The summed E-state index contributed by atoms with van der Waals surface area (Å²) in [5, 5.41) is 12.7. The number of fused-ring (bicyclic) bond motifs is 1. The predicted molar refractivity (Wildman–Crippen MR) is 121 cm³/mol. The molecule has 0 spiro atoms. The molecule has 3 heterocycles. The van der Waals surface area contributed by atoms with E-state index < -0.39 is 11.7 Å². The average molecular weight is 454 g/mol. The summed E-state index contributed by atoms with van der Waals surface area (Å²) in [7, 11) is 0. The summed E-state index contributed by atoms with van der Waals surface area (Å²) in [6.07, 6.45) is 2.66. The van der Waals surface area contributed by atoms with Crippen molar-refractivity contribution in [3.8, 4) is 5.75 Å². The number of carbonyl (C=O) groups excluding carboxylic acids is 2. The van der Waals surface area contributed by atoms with Crippen molar-refractivity contribution < 1.29 is 19.1 Å². The lowest BCUT2D eigenvalue weighted by molar-refractivity contribution is -0.115. The fraction of sp³-hybridized carbons (Fsp3) is 0.292. The second kappa shape index (κ2) is 9.58. The van der Waals surface area contributed by atoms with Crippen LogP contribution in [0.4, 0.5) is 9.39 Å². The smallest absolute Gasteiger partial charge is 0.229 e. The fourth-order valence-corrected chi connectivity index (χ4v) is 5.22. The highest BCUT2D eigenvalue weighted by Crippen LogP contribution is 2.38. The van der Waals surface area contributed by atoms with Gasteiger partial charge >= 0.3 is 0 Å². The molecule has 0 saturated heterocycles. The number of hydrogen-bond donors (Lipinski definition) is 2. The van der Waals surface area contributed by atoms with Gasteiger partial charge < -0.3 is 10.4 Å². The zero-order valence-electron chi connectivity index (χ0n) is 17.7. The van der Waals surface area contributed by atoms with E-state index in [0.717, 1.165) is 41.7 Å². The number of aromatic nitrogens is 1. The number of hydrogen-bond acceptors (Lipinski definition) is 6. The second-order valence-electron chi connectivity index (χ2n) is 7.77. The maximum atomic E-state index is 14.0. The second-order valence-corrected chi connectivity index (χ2v) is 8.87. The van der Waals surface area contributed by atoms with E-state index in [9.17, 15) is 19.1 Å². The number of phenols is 1. The number of nitrogens with one attached hydrogen (secondary N) is 1. The number of thiophene rings is 1. The Labute approximate surface area is 189 Å². The topological polar surface area (TPSA) is 82.5 Å². The van der Waals surface area contributed by atoms with Crippen molar-refractivity contribution in [2.75, 3.05) is 11.9 Å². The zero-order valence-corrected chi connectivity index (χ0v) is 18.5. The molecule has 1 aliphatic rings. The molecule has 0 saturated carbocycles. The van der Waals surface area contributed by atoms with Crippen molar-refractivity contribution >= 4 is 28.0 Å². The van der Waals surface area contributed by atoms with Crippen LogP contribution in [0.1, 0.15) is 45.4 Å². The third-order valence-electron chi connectivity index (χ3n) is 5.49. The van der Waals surface area contributed by atoms with Crippen LogP contribution in [0.25, 0.3) is 0 Å². The number of aromatic hydroxyl groups is 1. The van der Waals surface area contributed by atoms with Gasteiger partial charge in [-0.2, -0.15) is 0 Å². The number of Topliss-reactive ketones (excluding diaryl/α,β-unsaturated/α-hetero) is 1. The van der Waals surface area contributed by atoms with E-state index in [1.54, 1.807) is 13.1 Å². The van der Waals surface area contributed by atoms with E-state index in [-0.39, 0.29) is 23.5 Å². The van der Waals surface area contributed by atoms with Gasteiger partial charge in [0.05, 0.1) is 17.7 Å². The van der Waals surface area contributed by atoms with E-state index in [1.165, 1.54) is 23.5 Å². The molecule has 32 heavy (non-hydrogen) atoms. The van der Waals surface area contributed by atoms with Gasteiger partial charge in [-0.1, -0.05) is 19.1 Å². The minimum Gasteiger partial charge on any atom is -0.508 e. The Hall–Kier alpha value is -3.10. The van der Waals surface area contributed by atoms with Gasteiger partial charge in [-0.05, 0) is 35.7 Å². The Kier molecular flexibility index (Phi) is 6.62. The third-order valence-corrected chi connectivity index (χ3v) is 6.62. The summed E-state index contributed by atoms with van der Waals surface area (Å²) in [5.41, 5.74) is 2.77. The summed E-state index contributed by atoms with van der Waals surface area (Å²) in [6, 6.07) is 9.55. The van der Waals surface area contributed by atoms with Gasteiger partial charge in [0.15, 0.2) is 5.78 Å². The maximum Gasteiger partial charge on any atom is 0.229 e. The highest BCUT2D eigenvalue weighted by molar-refractivity contribution is 7.17. The number of phenolic OH excluding ortho intramolecular Hbond substituents is 1. The van der Waals surface area contributed by atoms with Crippen LogP contribution in [0.5, 0.6) is 5.75 Å². The fourth-order valence-electron chi connectivity index (χ4n) is 3.90. The molecule has 0 fully saturated rings. The molecule has 0 aliphatic carbocycles. The lowest BCUT2D eigenvalue weighted by Crippen LogP contribution is -2.30. The first-order chi connectivity index (χ1) is 15.4. The van der Waals surface area contributed by atoms with Gasteiger partial charge in [0, 0.05) is 43.2 Å². The van der Waals surface area contributed by atoms with E-state index in [4.69, 9.17) is 0 Å². The van der Waals surface area contributed by atoms with E-state index in [1.807, 2.05) is 18.2 Å². The molecule has 1 aliphatic heterocycles. The molecule has 4 rings (SSSR count). The number of carbonyl (C=O) groups is 2. The SMILES string of the molecule is CCC(=O)c1c(NC(=O)Cc2ccc(O)cc2F)sc2c1CCN(Cc1ccccn1)C2. The highest BCUT2D eigenvalue weighted by Gasteiger charge is 2.28. The van der Waals surface area contributed by atoms with Crippen LogP contribution in [0, 0.1) is 5.82 Å². The third kappa shape index (κ3) is 4.87. The molecule has 1 aromatic carbocycles. The van der Waals surface area contributed by atoms with Crippen LogP contribution >= 0.6 is 11.3 Å². The zero-order chi connectivity index (χ0) is 22.7. The van der Waals surface area contributed by atoms with Crippen LogP contribution in [0.2, 0.25) is 0 Å². The van der Waals surface area contributed by atoms with Crippen LogP contribution in [0.3, 0.4) is 0 Å². The lowest BCUT2D eigenvalue weighted by Gasteiger charge is -2.26. The molecule has 6 nitrogen and oxygen atoms in total. The highest BCUT2D eigenvalue weighted by atomic mass is 32.1. The first-order valence-corrected chi connectivity index (χ1v) is 11.3.